The van der Waals surface area contributed by atoms with E-state index in [1.165, 1.54) is 4.68 Å². The minimum absolute atomic E-state index is 0.158. The molecule has 94 valence electrons. The van der Waals surface area contributed by atoms with E-state index >= 15 is 0 Å². The summed E-state index contributed by atoms with van der Waals surface area (Å²) in [5, 5.41) is 11.3. The van der Waals surface area contributed by atoms with E-state index in [1.54, 1.807) is 4.90 Å². The summed E-state index contributed by atoms with van der Waals surface area (Å²) < 4.78 is 1.46. The molecular formula is C12H15N5O. The molecule has 0 saturated carbocycles. The van der Waals surface area contributed by atoms with E-state index in [-0.39, 0.29) is 11.7 Å². The highest BCUT2D eigenvalue weighted by atomic mass is 16.2. The standard InChI is InChI=1S/C12H15N5O/c1-3-16(4-2)12(18)11-13-14-15-17(11)10-8-6-5-7-9-10/h5-9H,3-4H2,1-2H3. The number of carbonyl (C=O) groups is 1. The molecular weight excluding hydrogens is 230 g/mol. The van der Waals surface area contributed by atoms with Crippen LogP contribution in [0.2, 0.25) is 0 Å². The summed E-state index contributed by atoms with van der Waals surface area (Å²) in [5.74, 6) is 0.0822. The van der Waals surface area contributed by atoms with E-state index in [0.29, 0.717) is 13.1 Å². The number of rotatable bonds is 4. The van der Waals surface area contributed by atoms with Crippen LogP contribution in [0.15, 0.2) is 30.3 Å². The Morgan fingerprint density at radius 2 is 1.89 bits per heavy atom. The quantitative estimate of drug-likeness (QED) is 0.810. The summed E-state index contributed by atoms with van der Waals surface area (Å²) in [6.45, 7) is 5.13. The van der Waals surface area contributed by atoms with Gasteiger partial charge in [-0.05, 0) is 36.4 Å². The van der Waals surface area contributed by atoms with E-state index in [1.807, 2.05) is 44.2 Å². The first kappa shape index (κ1) is 12.2. The maximum absolute atomic E-state index is 12.2. The third-order valence-electron chi connectivity index (χ3n) is 2.71. The predicted octanol–water partition coefficient (Wildman–Crippen LogP) is 1.14. The number of benzene rings is 1. The maximum Gasteiger partial charge on any atom is 0.293 e. The van der Waals surface area contributed by atoms with Crippen LogP contribution in [0.5, 0.6) is 0 Å². The summed E-state index contributed by atoms with van der Waals surface area (Å²) in [5.41, 5.74) is 0.776. The van der Waals surface area contributed by atoms with Gasteiger partial charge in [0.15, 0.2) is 0 Å². The van der Waals surface area contributed by atoms with E-state index in [4.69, 9.17) is 0 Å². The lowest BCUT2D eigenvalue weighted by Crippen LogP contribution is -2.32. The van der Waals surface area contributed by atoms with Gasteiger partial charge in [0.1, 0.15) is 0 Å². The molecule has 0 aliphatic carbocycles. The highest BCUT2D eigenvalue weighted by molar-refractivity contribution is 5.91. The van der Waals surface area contributed by atoms with Gasteiger partial charge in [-0.3, -0.25) is 4.79 Å². The molecule has 0 atom stereocenters. The van der Waals surface area contributed by atoms with Crippen molar-refractivity contribution in [1.29, 1.82) is 0 Å². The minimum Gasteiger partial charge on any atom is -0.336 e. The summed E-state index contributed by atoms with van der Waals surface area (Å²) >= 11 is 0. The second kappa shape index (κ2) is 5.39. The molecule has 2 rings (SSSR count). The Morgan fingerprint density at radius 3 is 2.50 bits per heavy atom. The Balaban J connectivity index is 2.37. The Hall–Kier alpha value is -2.24. The van der Waals surface area contributed by atoms with E-state index < -0.39 is 0 Å². The first-order valence-corrected chi connectivity index (χ1v) is 5.91. The normalized spacial score (nSPS) is 10.3. The predicted molar refractivity (Wildman–Crippen MR) is 66.4 cm³/mol. The molecule has 2 aromatic rings. The van der Waals surface area contributed by atoms with Crippen molar-refractivity contribution in [2.45, 2.75) is 13.8 Å². The largest absolute Gasteiger partial charge is 0.336 e. The first-order chi connectivity index (χ1) is 8.77. The minimum atomic E-state index is -0.158. The van der Waals surface area contributed by atoms with Crippen LogP contribution in [0.1, 0.15) is 24.5 Å². The number of para-hydroxylation sites is 1. The highest BCUT2D eigenvalue weighted by Crippen LogP contribution is 2.08. The van der Waals surface area contributed by atoms with Crippen molar-refractivity contribution < 1.29 is 4.79 Å². The average Bonchev–Trinajstić information content (AvgIpc) is 2.90. The molecule has 18 heavy (non-hydrogen) atoms. The Labute approximate surface area is 105 Å². The monoisotopic (exact) mass is 245 g/mol. The topological polar surface area (TPSA) is 63.9 Å². The fourth-order valence-corrected chi connectivity index (χ4v) is 1.72. The molecule has 1 aromatic carbocycles. The molecule has 0 radical (unpaired) electrons. The lowest BCUT2D eigenvalue weighted by molar-refractivity contribution is 0.0757. The van der Waals surface area contributed by atoms with Crippen molar-refractivity contribution in [2.24, 2.45) is 0 Å². The number of amides is 1. The molecule has 0 fully saturated rings. The Bertz CT molecular complexity index is 518. The van der Waals surface area contributed by atoms with Crippen molar-refractivity contribution in [3.8, 4) is 5.69 Å². The SMILES string of the molecule is CCN(CC)C(=O)c1nnnn1-c1ccccc1. The molecule has 1 heterocycles. The zero-order valence-corrected chi connectivity index (χ0v) is 10.4. The molecule has 1 amide bonds. The van der Waals surface area contributed by atoms with Gasteiger partial charge in [0.05, 0.1) is 5.69 Å². The number of hydrogen-bond acceptors (Lipinski definition) is 4. The van der Waals surface area contributed by atoms with E-state index in [9.17, 15) is 4.79 Å². The Morgan fingerprint density at radius 1 is 1.22 bits per heavy atom. The van der Waals surface area contributed by atoms with Gasteiger partial charge in [-0.2, -0.15) is 4.68 Å². The summed E-state index contributed by atoms with van der Waals surface area (Å²) in [4.78, 5) is 13.9. The summed E-state index contributed by atoms with van der Waals surface area (Å²) in [6.07, 6.45) is 0. The summed E-state index contributed by atoms with van der Waals surface area (Å²) in [6, 6.07) is 9.37. The van der Waals surface area contributed by atoms with Gasteiger partial charge in [0.25, 0.3) is 5.91 Å². The molecule has 0 spiro atoms. The van der Waals surface area contributed by atoms with Crippen molar-refractivity contribution in [1.82, 2.24) is 25.1 Å². The lowest BCUT2D eigenvalue weighted by Gasteiger charge is -2.17. The van der Waals surface area contributed by atoms with E-state index in [0.717, 1.165) is 5.69 Å². The first-order valence-electron chi connectivity index (χ1n) is 5.91. The molecule has 0 aliphatic rings. The molecule has 0 bridgehead atoms. The molecule has 0 N–H and O–H groups in total. The van der Waals surface area contributed by atoms with Gasteiger partial charge in [0, 0.05) is 13.1 Å². The number of carbonyl (C=O) groups excluding carboxylic acids is 1. The number of aromatic nitrogens is 4. The van der Waals surface area contributed by atoms with Crippen LogP contribution >= 0.6 is 0 Å². The number of tetrazole rings is 1. The second-order valence-corrected chi connectivity index (χ2v) is 3.73. The molecule has 0 saturated heterocycles. The molecule has 0 aliphatic heterocycles. The van der Waals surface area contributed by atoms with Crippen molar-refractivity contribution in [2.75, 3.05) is 13.1 Å². The zero-order chi connectivity index (χ0) is 13.0. The Kier molecular flexibility index (Phi) is 3.66. The second-order valence-electron chi connectivity index (χ2n) is 3.73. The van der Waals surface area contributed by atoms with Crippen molar-refractivity contribution in [3.05, 3.63) is 36.2 Å². The van der Waals surface area contributed by atoms with Crippen LogP contribution in [0.4, 0.5) is 0 Å². The highest BCUT2D eigenvalue weighted by Gasteiger charge is 2.20. The van der Waals surface area contributed by atoms with Crippen LogP contribution in [-0.2, 0) is 0 Å². The van der Waals surface area contributed by atoms with Crippen LogP contribution in [0, 0.1) is 0 Å². The number of nitrogens with zero attached hydrogens (tertiary/aromatic N) is 5. The smallest absolute Gasteiger partial charge is 0.293 e. The van der Waals surface area contributed by atoms with Gasteiger partial charge < -0.3 is 4.90 Å². The third-order valence-corrected chi connectivity index (χ3v) is 2.71. The fourth-order valence-electron chi connectivity index (χ4n) is 1.72. The molecule has 0 unspecified atom stereocenters. The molecule has 6 nitrogen and oxygen atoms in total. The maximum atomic E-state index is 12.2. The van der Waals surface area contributed by atoms with Crippen molar-refractivity contribution >= 4 is 5.91 Å². The average molecular weight is 245 g/mol. The summed E-state index contributed by atoms with van der Waals surface area (Å²) in [7, 11) is 0. The number of hydrogen-bond donors (Lipinski definition) is 0. The van der Waals surface area contributed by atoms with Gasteiger partial charge in [-0.25, -0.2) is 0 Å². The van der Waals surface area contributed by atoms with E-state index in [2.05, 4.69) is 15.5 Å². The van der Waals surface area contributed by atoms with Crippen LogP contribution in [0.3, 0.4) is 0 Å². The van der Waals surface area contributed by atoms with Crippen molar-refractivity contribution in [3.63, 3.8) is 0 Å². The molecule has 6 heteroatoms. The van der Waals surface area contributed by atoms with Gasteiger partial charge in [-0.1, -0.05) is 18.2 Å². The van der Waals surface area contributed by atoms with Crippen LogP contribution in [-0.4, -0.2) is 44.1 Å². The van der Waals surface area contributed by atoms with Crippen LogP contribution in [0.25, 0.3) is 5.69 Å². The molecule has 1 aromatic heterocycles. The van der Waals surface area contributed by atoms with Gasteiger partial charge in [0.2, 0.25) is 5.82 Å². The third kappa shape index (κ3) is 2.22. The zero-order valence-electron chi connectivity index (χ0n) is 10.4. The van der Waals surface area contributed by atoms with Gasteiger partial charge in [-0.15, -0.1) is 5.10 Å². The lowest BCUT2D eigenvalue weighted by atomic mass is 10.3. The van der Waals surface area contributed by atoms with Crippen LogP contribution < -0.4 is 0 Å². The van der Waals surface area contributed by atoms with Gasteiger partial charge >= 0.3 is 0 Å². The fraction of sp³-hybridized carbons (Fsp3) is 0.333.